The quantitative estimate of drug-likeness (QED) is 0.892. The lowest BCUT2D eigenvalue weighted by molar-refractivity contribution is -0.130. The SMILES string of the molecule is Cc1ccc([C@@H]2S[C@@H](C)C(=O)N2CCO)cc1. The standard InChI is InChI=1S/C13H17NO2S/c1-9-3-5-11(6-4-9)13-14(7-8-15)12(16)10(2)17-13/h3-6,10,13,15H,7-8H2,1-2H3/t10-,13-/m0/s1. The van der Waals surface area contributed by atoms with Gasteiger partial charge in [-0.1, -0.05) is 29.8 Å². The van der Waals surface area contributed by atoms with Gasteiger partial charge in [0.1, 0.15) is 5.37 Å². The van der Waals surface area contributed by atoms with Crippen LogP contribution in [0.2, 0.25) is 0 Å². The van der Waals surface area contributed by atoms with Crippen LogP contribution in [0.3, 0.4) is 0 Å². The Kier molecular flexibility index (Phi) is 3.74. The van der Waals surface area contributed by atoms with Crippen LogP contribution in [0.25, 0.3) is 0 Å². The summed E-state index contributed by atoms with van der Waals surface area (Å²) < 4.78 is 0. The Balaban J connectivity index is 2.24. The number of carbonyl (C=O) groups is 1. The maximum atomic E-state index is 11.9. The first kappa shape index (κ1) is 12.5. The molecule has 0 spiro atoms. The number of aliphatic hydroxyl groups is 1. The van der Waals surface area contributed by atoms with Crippen molar-refractivity contribution in [2.24, 2.45) is 0 Å². The van der Waals surface area contributed by atoms with Crippen molar-refractivity contribution < 1.29 is 9.90 Å². The number of aliphatic hydroxyl groups excluding tert-OH is 1. The normalized spacial score (nSPS) is 24.4. The van der Waals surface area contributed by atoms with Gasteiger partial charge < -0.3 is 10.0 Å². The number of β-amino-alcohol motifs (C(OH)–C–C–N with tert-alkyl or cyclic N) is 1. The molecule has 1 saturated heterocycles. The summed E-state index contributed by atoms with van der Waals surface area (Å²) >= 11 is 1.65. The van der Waals surface area contributed by atoms with Crippen LogP contribution in [-0.2, 0) is 4.79 Å². The molecule has 92 valence electrons. The van der Waals surface area contributed by atoms with E-state index in [1.54, 1.807) is 16.7 Å². The molecule has 0 aliphatic carbocycles. The van der Waals surface area contributed by atoms with E-state index in [1.165, 1.54) is 5.56 Å². The largest absolute Gasteiger partial charge is 0.395 e. The van der Waals surface area contributed by atoms with Crippen LogP contribution in [-0.4, -0.2) is 34.3 Å². The van der Waals surface area contributed by atoms with Gasteiger partial charge >= 0.3 is 0 Å². The van der Waals surface area contributed by atoms with Gasteiger partial charge in [-0.15, -0.1) is 11.8 Å². The summed E-state index contributed by atoms with van der Waals surface area (Å²) in [6, 6.07) is 8.23. The zero-order chi connectivity index (χ0) is 12.4. The van der Waals surface area contributed by atoms with Gasteiger partial charge in [-0.05, 0) is 19.4 Å². The highest BCUT2D eigenvalue weighted by atomic mass is 32.2. The lowest BCUT2D eigenvalue weighted by Crippen LogP contribution is -2.32. The van der Waals surface area contributed by atoms with Crippen molar-refractivity contribution in [1.82, 2.24) is 4.90 Å². The average molecular weight is 251 g/mol. The molecule has 3 nitrogen and oxygen atoms in total. The highest BCUT2D eigenvalue weighted by molar-refractivity contribution is 8.01. The number of hydrogen-bond donors (Lipinski definition) is 1. The first-order valence-electron chi connectivity index (χ1n) is 5.77. The highest BCUT2D eigenvalue weighted by Gasteiger charge is 2.37. The monoisotopic (exact) mass is 251 g/mol. The first-order valence-corrected chi connectivity index (χ1v) is 6.71. The van der Waals surface area contributed by atoms with Crippen LogP contribution in [0, 0.1) is 6.92 Å². The number of thioether (sulfide) groups is 1. The predicted octanol–water partition coefficient (Wildman–Crippen LogP) is 1.95. The first-order chi connectivity index (χ1) is 8.13. The summed E-state index contributed by atoms with van der Waals surface area (Å²) in [4.78, 5) is 13.7. The van der Waals surface area contributed by atoms with Crippen molar-refractivity contribution in [3.05, 3.63) is 35.4 Å². The highest BCUT2D eigenvalue weighted by Crippen LogP contribution is 2.42. The fraction of sp³-hybridized carbons (Fsp3) is 0.462. The van der Waals surface area contributed by atoms with E-state index < -0.39 is 0 Å². The van der Waals surface area contributed by atoms with Crippen LogP contribution < -0.4 is 0 Å². The molecule has 1 aromatic carbocycles. The molecule has 1 fully saturated rings. The third-order valence-corrected chi connectivity index (χ3v) is 4.34. The predicted molar refractivity (Wildman–Crippen MR) is 69.8 cm³/mol. The van der Waals surface area contributed by atoms with Gasteiger partial charge in [-0.2, -0.15) is 0 Å². The van der Waals surface area contributed by atoms with E-state index in [9.17, 15) is 4.79 Å². The molecular weight excluding hydrogens is 234 g/mol. The van der Waals surface area contributed by atoms with Crippen molar-refractivity contribution in [3.8, 4) is 0 Å². The van der Waals surface area contributed by atoms with Gasteiger partial charge in [0.25, 0.3) is 0 Å². The van der Waals surface area contributed by atoms with Crippen molar-refractivity contribution in [2.45, 2.75) is 24.5 Å². The molecule has 1 aromatic rings. The zero-order valence-electron chi connectivity index (χ0n) is 10.1. The van der Waals surface area contributed by atoms with Crippen molar-refractivity contribution in [3.63, 3.8) is 0 Å². The Morgan fingerprint density at radius 1 is 1.35 bits per heavy atom. The molecule has 17 heavy (non-hydrogen) atoms. The second-order valence-corrected chi connectivity index (χ2v) is 5.72. The maximum absolute atomic E-state index is 11.9. The molecule has 0 aromatic heterocycles. The molecule has 1 N–H and O–H groups in total. The van der Waals surface area contributed by atoms with Gasteiger partial charge in [-0.25, -0.2) is 0 Å². The topological polar surface area (TPSA) is 40.5 Å². The van der Waals surface area contributed by atoms with Crippen LogP contribution in [0.5, 0.6) is 0 Å². The Labute approximate surface area is 106 Å². The smallest absolute Gasteiger partial charge is 0.236 e. The Bertz CT molecular complexity index is 404. The number of nitrogens with zero attached hydrogens (tertiary/aromatic N) is 1. The number of carbonyl (C=O) groups excluding carboxylic acids is 1. The minimum atomic E-state index is -0.0205. The van der Waals surface area contributed by atoms with Crippen LogP contribution in [0.4, 0.5) is 0 Å². The van der Waals surface area contributed by atoms with Crippen LogP contribution >= 0.6 is 11.8 Å². The van der Waals surface area contributed by atoms with Gasteiger partial charge in [0.05, 0.1) is 11.9 Å². The van der Waals surface area contributed by atoms with Crippen molar-refractivity contribution in [2.75, 3.05) is 13.2 Å². The molecule has 2 atom stereocenters. The van der Waals surface area contributed by atoms with E-state index in [0.29, 0.717) is 6.54 Å². The number of hydrogen-bond acceptors (Lipinski definition) is 3. The molecular formula is C13H17NO2S. The average Bonchev–Trinajstić information content (AvgIpc) is 2.59. The molecule has 0 unspecified atom stereocenters. The number of rotatable bonds is 3. The summed E-state index contributed by atoms with van der Waals surface area (Å²) in [7, 11) is 0. The van der Waals surface area contributed by atoms with Gasteiger partial charge in [0.2, 0.25) is 5.91 Å². The number of aryl methyl sites for hydroxylation is 1. The molecule has 0 saturated carbocycles. The molecule has 0 radical (unpaired) electrons. The second kappa shape index (κ2) is 5.10. The number of amides is 1. The van der Waals surface area contributed by atoms with Crippen LogP contribution in [0.1, 0.15) is 23.4 Å². The molecule has 2 rings (SSSR count). The summed E-state index contributed by atoms with van der Waals surface area (Å²) in [6.07, 6.45) is 0. The summed E-state index contributed by atoms with van der Waals surface area (Å²) in [5.74, 6) is 0.120. The molecule has 1 aliphatic heterocycles. The minimum absolute atomic E-state index is 0.0153. The van der Waals surface area contributed by atoms with Crippen molar-refractivity contribution >= 4 is 17.7 Å². The van der Waals surface area contributed by atoms with Crippen molar-refractivity contribution in [1.29, 1.82) is 0 Å². The fourth-order valence-corrected chi connectivity index (χ4v) is 3.31. The van der Waals surface area contributed by atoms with Gasteiger partial charge in [-0.3, -0.25) is 4.79 Å². The van der Waals surface area contributed by atoms with E-state index in [-0.39, 0.29) is 23.1 Å². The van der Waals surface area contributed by atoms with Gasteiger partial charge in [0, 0.05) is 6.54 Å². The molecule has 0 bridgehead atoms. The third kappa shape index (κ3) is 2.48. The summed E-state index contributed by atoms with van der Waals surface area (Å²) in [5, 5.41) is 9.06. The van der Waals surface area contributed by atoms with E-state index in [1.807, 2.05) is 13.8 Å². The zero-order valence-corrected chi connectivity index (χ0v) is 10.9. The van der Waals surface area contributed by atoms with E-state index >= 15 is 0 Å². The lowest BCUT2D eigenvalue weighted by Gasteiger charge is -2.23. The third-order valence-electron chi connectivity index (χ3n) is 2.95. The van der Waals surface area contributed by atoms with Crippen LogP contribution in [0.15, 0.2) is 24.3 Å². The second-order valence-electron chi connectivity index (χ2n) is 4.30. The Morgan fingerprint density at radius 3 is 2.59 bits per heavy atom. The summed E-state index contributed by atoms with van der Waals surface area (Å²) in [6.45, 7) is 4.40. The Morgan fingerprint density at radius 2 is 2.00 bits per heavy atom. The molecule has 1 heterocycles. The lowest BCUT2D eigenvalue weighted by atomic mass is 10.1. The Hall–Kier alpha value is -1.00. The number of benzene rings is 1. The molecule has 1 aliphatic rings. The molecule has 1 amide bonds. The minimum Gasteiger partial charge on any atom is -0.395 e. The van der Waals surface area contributed by atoms with Gasteiger partial charge in [0.15, 0.2) is 0 Å². The van der Waals surface area contributed by atoms with E-state index in [0.717, 1.165) is 5.56 Å². The fourth-order valence-electron chi connectivity index (χ4n) is 2.00. The van der Waals surface area contributed by atoms with E-state index in [2.05, 4.69) is 24.3 Å². The maximum Gasteiger partial charge on any atom is 0.236 e. The summed E-state index contributed by atoms with van der Waals surface area (Å²) in [5.41, 5.74) is 2.34. The van der Waals surface area contributed by atoms with E-state index in [4.69, 9.17) is 5.11 Å². The molecule has 4 heteroatoms.